The van der Waals surface area contributed by atoms with Crippen molar-refractivity contribution in [1.29, 1.82) is 0 Å². The van der Waals surface area contributed by atoms with E-state index in [0.29, 0.717) is 0 Å². The van der Waals surface area contributed by atoms with E-state index in [2.05, 4.69) is 0 Å². The van der Waals surface area contributed by atoms with Gasteiger partial charge in [0.1, 0.15) is 5.82 Å². The third kappa shape index (κ3) is 2.85. The topological polar surface area (TPSA) is 57.7 Å². The molecule has 7 heteroatoms. The number of amides is 3. The molecule has 1 aliphatic heterocycles. The maximum absolute atomic E-state index is 14.4. The van der Waals surface area contributed by atoms with Gasteiger partial charge in [-0.1, -0.05) is 41.9 Å². The second kappa shape index (κ2) is 7.20. The van der Waals surface area contributed by atoms with Crippen molar-refractivity contribution in [2.45, 2.75) is 25.8 Å². The van der Waals surface area contributed by atoms with Gasteiger partial charge in [-0.05, 0) is 49.3 Å². The molecule has 0 spiro atoms. The minimum absolute atomic E-state index is 0.163. The maximum atomic E-state index is 14.4. The number of hydrazine groups is 1. The summed E-state index contributed by atoms with van der Waals surface area (Å²) in [6.07, 6.45) is 2.77. The number of rotatable bonds is 4. The van der Waals surface area contributed by atoms with Crippen LogP contribution in [0.3, 0.4) is 0 Å². The van der Waals surface area contributed by atoms with Crippen molar-refractivity contribution >= 4 is 29.3 Å². The molecule has 2 bridgehead atoms. The van der Waals surface area contributed by atoms with Crippen molar-refractivity contribution in [2.24, 2.45) is 23.7 Å². The van der Waals surface area contributed by atoms with Gasteiger partial charge in [0, 0.05) is 5.56 Å². The zero-order chi connectivity index (χ0) is 21.0. The van der Waals surface area contributed by atoms with Gasteiger partial charge in [0.25, 0.3) is 17.7 Å². The van der Waals surface area contributed by atoms with E-state index in [-0.39, 0.29) is 58.2 Å². The number of imide groups is 1. The molecule has 0 aromatic heterocycles. The van der Waals surface area contributed by atoms with Gasteiger partial charge >= 0.3 is 0 Å². The van der Waals surface area contributed by atoms with E-state index in [1.54, 1.807) is 30.3 Å². The normalized spacial score (nSPS) is 26.9. The van der Waals surface area contributed by atoms with Crippen LogP contribution in [0.5, 0.6) is 0 Å². The molecule has 1 heterocycles. The summed E-state index contributed by atoms with van der Waals surface area (Å²) in [4.78, 5) is 40.0. The Bertz CT molecular complexity index is 1030. The third-order valence-electron chi connectivity index (χ3n) is 6.76. The molecule has 30 heavy (non-hydrogen) atoms. The second-order valence-corrected chi connectivity index (χ2v) is 8.71. The molecule has 5 rings (SSSR count). The van der Waals surface area contributed by atoms with Crippen molar-refractivity contribution in [2.75, 3.05) is 0 Å². The van der Waals surface area contributed by atoms with Crippen molar-refractivity contribution in [1.82, 2.24) is 10.0 Å². The van der Waals surface area contributed by atoms with Crippen LogP contribution in [-0.2, 0) is 16.1 Å². The van der Waals surface area contributed by atoms with Crippen LogP contribution < -0.4 is 0 Å². The lowest BCUT2D eigenvalue weighted by Gasteiger charge is -2.31. The van der Waals surface area contributed by atoms with Gasteiger partial charge in [0.05, 0.1) is 29.0 Å². The van der Waals surface area contributed by atoms with Gasteiger partial charge in [-0.3, -0.25) is 14.4 Å². The zero-order valence-electron chi connectivity index (χ0n) is 16.1. The SMILES string of the molecule is O=C(c1ccccc1Cl)N(Cc1ccccc1F)N1C(=O)[C@H]2[C@H]3CC[C@@H](C3)[C@@H]2C1=O. The molecule has 2 saturated carbocycles. The molecule has 3 aliphatic rings. The summed E-state index contributed by atoms with van der Waals surface area (Å²) in [6.45, 7) is -0.233. The minimum atomic E-state index is -0.599. The fourth-order valence-corrected chi connectivity index (χ4v) is 5.64. The number of fused-ring (bicyclic) bond motifs is 5. The molecule has 0 N–H and O–H groups in total. The standard InChI is InChI=1S/C23H20ClFN2O3/c24-17-7-3-2-6-16(17)21(28)26(12-15-5-1-4-8-18(15)25)27-22(29)19-13-9-10-14(11-13)20(19)23(27)30/h1-8,13-14,19-20H,9-12H2/t13-,14-,19-,20-/m0/s1. The van der Waals surface area contributed by atoms with Crippen LogP contribution in [0, 0.1) is 29.5 Å². The van der Waals surface area contributed by atoms with Gasteiger partial charge in [-0.2, -0.15) is 5.01 Å². The summed E-state index contributed by atoms with van der Waals surface area (Å²) in [5.41, 5.74) is 0.384. The summed E-state index contributed by atoms with van der Waals surface area (Å²) in [5.74, 6) is -2.19. The van der Waals surface area contributed by atoms with Gasteiger partial charge < -0.3 is 0 Å². The molecule has 2 aromatic rings. The second-order valence-electron chi connectivity index (χ2n) is 8.31. The fraction of sp³-hybridized carbons (Fsp3) is 0.348. The largest absolute Gasteiger partial charge is 0.274 e. The van der Waals surface area contributed by atoms with E-state index >= 15 is 0 Å². The molecule has 5 nitrogen and oxygen atoms in total. The Balaban J connectivity index is 1.55. The van der Waals surface area contributed by atoms with Crippen LogP contribution in [0.1, 0.15) is 35.2 Å². The van der Waals surface area contributed by atoms with Gasteiger partial charge in [0.2, 0.25) is 0 Å². The maximum Gasteiger partial charge on any atom is 0.274 e. The van der Waals surface area contributed by atoms with Gasteiger partial charge in [0.15, 0.2) is 0 Å². The fourth-order valence-electron chi connectivity index (χ4n) is 5.43. The molecule has 3 fully saturated rings. The molecule has 1 saturated heterocycles. The number of hydrogen-bond donors (Lipinski definition) is 0. The highest BCUT2D eigenvalue weighted by atomic mass is 35.5. The Labute approximate surface area is 178 Å². The summed E-state index contributed by atoms with van der Waals surface area (Å²) in [5, 5.41) is 2.25. The summed E-state index contributed by atoms with van der Waals surface area (Å²) in [7, 11) is 0. The van der Waals surface area contributed by atoms with Gasteiger partial charge in [-0.25, -0.2) is 9.40 Å². The predicted molar refractivity (Wildman–Crippen MR) is 107 cm³/mol. The molecular formula is C23H20ClFN2O3. The lowest BCUT2D eigenvalue weighted by atomic mass is 9.81. The van der Waals surface area contributed by atoms with Crippen LogP contribution >= 0.6 is 11.6 Å². The first-order valence-corrected chi connectivity index (χ1v) is 10.5. The van der Waals surface area contributed by atoms with Crippen molar-refractivity contribution in [3.8, 4) is 0 Å². The van der Waals surface area contributed by atoms with E-state index in [0.717, 1.165) is 29.3 Å². The highest BCUT2D eigenvalue weighted by molar-refractivity contribution is 6.33. The summed E-state index contributed by atoms with van der Waals surface area (Å²) >= 11 is 6.22. The Morgan fingerprint density at radius 3 is 2.23 bits per heavy atom. The number of halogens is 2. The Morgan fingerprint density at radius 2 is 1.60 bits per heavy atom. The number of nitrogens with zero attached hydrogens (tertiary/aromatic N) is 2. The van der Waals surface area contributed by atoms with Crippen LogP contribution in [0.2, 0.25) is 5.02 Å². The highest BCUT2D eigenvalue weighted by Crippen LogP contribution is 2.56. The lowest BCUT2D eigenvalue weighted by molar-refractivity contribution is -0.156. The summed E-state index contributed by atoms with van der Waals surface area (Å²) < 4.78 is 14.4. The van der Waals surface area contributed by atoms with E-state index in [4.69, 9.17) is 11.6 Å². The number of carbonyl (C=O) groups excluding carboxylic acids is 3. The Kier molecular flexibility index (Phi) is 4.62. The van der Waals surface area contributed by atoms with Crippen molar-refractivity contribution in [3.63, 3.8) is 0 Å². The minimum Gasteiger partial charge on any atom is -0.272 e. The molecule has 2 aliphatic carbocycles. The quantitative estimate of drug-likeness (QED) is 0.692. The number of hydrogen-bond acceptors (Lipinski definition) is 3. The Hall–Kier alpha value is -2.73. The van der Waals surface area contributed by atoms with E-state index < -0.39 is 11.7 Å². The number of carbonyl (C=O) groups is 3. The van der Waals surface area contributed by atoms with Crippen LogP contribution in [0.25, 0.3) is 0 Å². The molecule has 0 radical (unpaired) electrons. The molecule has 0 unspecified atom stereocenters. The third-order valence-corrected chi connectivity index (χ3v) is 7.09. The molecule has 3 amide bonds. The first-order chi connectivity index (χ1) is 14.5. The van der Waals surface area contributed by atoms with Gasteiger partial charge in [-0.15, -0.1) is 0 Å². The first kappa shape index (κ1) is 19.2. The zero-order valence-corrected chi connectivity index (χ0v) is 16.9. The van der Waals surface area contributed by atoms with Crippen molar-refractivity contribution in [3.05, 3.63) is 70.5 Å². The number of benzene rings is 2. The van der Waals surface area contributed by atoms with E-state index in [9.17, 15) is 18.8 Å². The van der Waals surface area contributed by atoms with Crippen LogP contribution in [0.4, 0.5) is 4.39 Å². The van der Waals surface area contributed by atoms with Crippen LogP contribution in [-0.4, -0.2) is 27.7 Å². The van der Waals surface area contributed by atoms with Crippen LogP contribution in [0.15, 0.2) is 48.5 Å². The average molecular weight is 427 g/mol. The predicted octanol–water partition coefficient (Wildman–Crippen LogP) is 4.07. The van der Waals surface area contributed by atoms with E-state index in [1.807, 2.05) is 0 Å². The Morgan fingerprint density at radius 1 is 1.00 bits per heavy atom. The molecular weight excluding hydrogens is 407 g/mol. The van der Waals surface area contributed by atoms with Crippen molar-refractivity contribution < 1.29 is 18.8 Å². The molecule has 4 atom stereocenters. The smallest absolute Gasteiger partial charge is 0.272 e. The molecule has 154 valence electrons. The average Bonchev–Trinajstić information content (AvgIpc) is 3.42. The monoisotopic (exact) mass is 426 g/mol. The molecule has 2 aromatic carbocycles. The highest BCUT2D eigenvalue weighted by Gasteiger charge is 2.62. The first-order valence-electron chi connectivity index (χ1n) is 10.1. The van der Waals surface area contributed by atoms with E-state index in [1.165, 1.54) is 18.2 Å². The summed E-state index contributed by atoms with van der Waals surface area (Å²) in [6, 6.07) is 12.5. The lowest BCUT2D eigenvalue weighted by Crippen LogP contribution is -2.50.